The molecule has 5 aromatic rings. The second-order valence-corrected chi connectivity index (χ2v) is 9.17. The molecule has 0 saturated carbocycles. The third-order valence-corrected chi connectivity index (χ3v) is 6.99. The van der Waals surface area contributed by atoms with Crippen molar-refractivity contribution in [2.24, 2.45) is 0 Å². The van der Waals surface area contributed by atoms with Gasteiger partial charge in [0.25, 0.3) is 5.91 Å². The zero-order valence-corrected chi connectivity index (χ0v) is 20.5. The monoisotopic (exact) mass is 487 g/mol. The number of amides is 1. The topological polar surface area (TPSA) is 102 Å². The highest BCUT2D eigenvalue weighted by molar-refractivity contribution is 7.20. The second-order valence-electron chi connectivity index (χ2n) is 8.17. The van der Waals surface area contributed by atoms with Crippen LogP contribution < -0.4 is 10.1 Å². The van der Waals surface area contributed by atoms with Gasteiger partial charge in [-0.05, 0) is 36.6 Å². The zero-order valence-electron chi connectivity index (χ0n) is 19.7. The first kappa shape index (κ1) is 22.9. The molecular formula is C26H25N5O3S. The molecule has 0 bridgehead atoms. The number of fused-ring (bicyclic) bond motifs is 2. The first-order chi connectivity index (χ1) is 17.1. The molecule has 2 N–H and O–H groups in total. The number of aryl methyl sites for hydroxylation is 1. The smallest absolute Gasteiger partial charge is 0.262 e. The van der Waals surface area contributed by atoms with E-state index in [0.29, 0.717) is 33.7 Å². The molecule has 0 spiro atoms. The van der Waals surface area contributed by atoms with Gasteiger partial charge in [-0.2, -0.15) is 4.98 Å². The van der Waals surface area contributed by atoms with Crippen molar-refractivity contribution in [3.05, 3.63) is 82.3 Å². The molecule has 0 aliphatic carbocycles. The molecule has 0 aliphatic heterocycles. The van der Waals surface area contributed by atoms with E-state index in [1.54, 1.807) is 14.2 Å². The SMILES string of the molecule is COCc1nc(OC)c2c(C)c(C(=O)N[C@@H](Cc3ccccc3)c3nc4ccccc4[nH]3)sc2n1. The molecule has 3 heterocycles. The van der Waals surface area contributed by atoms with Crippen molar-refractivity contribution < 1.29 is 14.3 Å². The molecule has 0 aliphatic rings. The van der Waals surface area contributed by atoms with Gasteiger partial charge in [-0.3, -0.25) is 4.79 Å². The number of para-hydroxylation sites is 2. The Morgan fingerprint density at radius 1 is 1.06 bits per heavy atom. The molecule has 5 rings (SSSR count). The lowest BCUT2D eigenvalue weighted by molar-refractivity contribution is 0.0938. The van der Waals surface area contributed by atoms with Gasteiger partial charge >= 0.3 is 0 Å². The minimum Gasteiger partial charge on any atom is -0.480 e. The van der Waals surface area contributed by atoms with E-state index < -0.39 is 0 Å². The van der Waals surface area contributed by atoms with Crippen molar-refractivity contribution in [2.45, 2.75) is 26.0 Å². The average molecular weight is 488 g/mol. The molecule has 2 aromatic carbocycles. The fraction of sp³-hybridized carbons (Fsp3) is 0.231. The van der Waals surface area contributed by atoms with E-state index in [1.165, 1.54) is 11.3 Å². The summed E-state index contributed by atoms with van der Waals surface area (Å²) >= 11 is 1.32. The van der Waals surface area contributed by atoms with E-state index in [4.69, 9.17) is 14.5 Å². The molecule has 35 heavy (non-hydrogen) atoms. The molecule has 0 fully saturated rings. The summed E-state index contributed by atoms with van der Waals surface area (Å²) in [5.74, 6) is 1.46. The number of nitrogens with one attached hydrogen (secondary N) is 2. The summed E-state index contributed by atoms with van der Waals surface area (Å²) in [5, 5.41) is 3.94. The summed E-state index contributed by atoms with van der Waals surface area (Å²) in [6.45, 7) is 2.15. The third-order valence-electron chi connectivity index (χ3n) is 5.80. The van der Waals surface area contributed by atoms with Gasteiger partial charge in [0.1, 0.15) is 17.3 Å². The molecule has 0 saturated heterocycles. The summed E-state index contributed by atoms with van der Waals surface area (Å²) in [5.41, 5.74) is 3.67. The number of thiophene rings is 1. The van der Waals surface area contributed by atoms with E-state index in [-0.39, 0.29) is 18.6 Å². The zero-order chi connectivity index (χ0) is 24.4. The Balaban J connectivity index is 1.51. The maximum atomic E-state index is 13.6. The Hall–Kier alpha value is -3.82. The van der Waals surface area contributed by atoms with Crippen LogP contribution in [0.2, 0.25) is 0 Å². The number of methoxy groups -OCH3 is 2. The summed E-state index contributed by atoms with van der Waals surface area (Å²) in [4.78, 5) is 32.0. The van der Waals surface area contributed by atoms with E-state index in [2.05, 4.69) is 20.3 Å². The van der Waals surface area contributed by atoms with Crippen LogP contribution in [0.1, 0.15) is 38.5 Å². The number of nitrogens with zero attached hydrogens (tertiary/aromatic N) is 3. The predicted molar refractivity (Wildman–Crippen MR) is 136 cm³/mol. The van der Waals surface area contributed by atoms with E-state index in [9.17, 15) is 4.79 Å². The highest BCUT2D eigenvalue weighted by atomic mass is 32.1. The van der Waals surface area contributed by atoms with Crippen molar-refractivity contribution >= 4 is 38.5 Å². The molecule has 1 amide bonds. The lowest BCUT2D eigenvalue weighted by atomic mass is 10.1. The lowest BCUT2D eigenvalue weighted by Crippen LogP contribution is -2.30. The molecule has 1 atom stereocenters. The number of H-pyrrole nitrogens is 1. The minimum absolute atomic E-state index is 0.192. The van der Waals surface area contributed by atoms with E-state index in [0.717, 1.165) is 27.5 Å². The second kappa shape index (κ2) is 9.81. The van der Waals surface area contributed by atoms with Crippen molar-refractivity contribution in [2.75, 3.05) is 14.2 Å². The van der Waals surface area contributed by atoms with Gasteiger partial charge in [-0.15, -0.1) is 11.3 Å². The minimum atomic E-state index is -0.348. The predicted octanol–water partition coefficient (Wildman–Crippen LogP) is 4.74. The Labute approximate surface area is 206 Å². The maximum Gasteiger partial charge on any atom is 0.262 e. The van der Waals surface area contributed by atoms with E-state index in [1.807, 2.05) is 61.5 Å². The number of carbonyl (C=O) groups is 1. The number of hydrogen-bond donors (Lipinski definition) is 2. The van der Waals surface area contributed by atoms with Gasteiger partial charge in [0.05, 0.1) is 34.4 Å². The standard InChI is InChI=1S/C26H25N5O3S/c1-15-21-25(34-3)30-20(14-33-2)31-26(21)35-22(15)24(32)29-19(13-16-9-5-4-6-10-16)23-27-17-11-7-8-12-18(17)28-23/h4-12,19H,13-14H2,1-3H3,(H,27,28)(H,29,32)/t19-/m0/s1. The Morgan fingerprint density at radius 2 is 1.83 bits per heavy atom. The van der Waals surface area contributed by atoms with Gasteiger partial charge in [0.15, 0.2) is 5.82 Å². The number of ether oxygens (including phenoxy) is 2. The normalized spacial score (nSPS) is 12.2. The number of rotatable bonds is 8. The summed E-state index contributed by atoms with van der Waals surface area (Å²) in [7, 11) is 3.15. The number of hydrogen-bond acceptors (Lipinski definition) is 7. The fourth-order valence-electron chi connectivity index (χ4n) is 4.13. The van der Waals surface area contributed by atoms with Gasteiger partial charge in [0, 0.05) is 7.11 Å². The van der Waals surface area contributed by atoms with Gasteiger partial charge < -0.3 is 19.8 Å². The van der Waals surface area contributed by atoms with Crippen molar-refractivity contribution in [3.63, 3.8) is 0 Å². The van der Waals surface area contributed by atoms with E-state index >= 15 is 0 Å². The molecule has 0 unspecified atom stereocenters. The molecule has 8 nitrogen and oxygen atoms in total. The number of aromatic amines is 1. The molecule has 0 radical (unpaired) electrons. The third kappa shape index (κ3) is 4.60. The Bertz CT molecular complexity index is 1460. The first-order valence-corrected chi connectivity index (χ1v) is 12.0. The number of imidazole rings is 1. The van der Waals surface area contributed by atoms with Gasteiger partial charge in [0.2, 0.25) is 5.88 Å². The van der Waals surface area contributed by atoms with Crippen LogP contribution in [0.25, 0.3) is 21.3 Å². The Kier molecular flexibility index (Phi) is 6.43. The fourth-order valence-corrected chi connectivity index (χ4v) is 5.22. The van der Waals surface area contributed by atoms with Crippen LogP contribution >= 0.6 is 11.3 Å². The van der Waals surface area contributed by atoms with Crippen molar-refractivity contribution in [3.8, 4) is 5.88 Å². The maximum absolute atomic E-state index is 13.6. The van der Waals surface area contributed by atoms with Crippen LogP contribution in [0, 0.1) is 6.92 Å². The van der Waals surface area contributed by atoms with Crippen LogP contribution in [0.5, 0.6) is 5.88 Å². The summed E-state index contributed by atoms with van der Waals surface area (Å²) in [6.07, 6.45) is 0.595. The lowest BCUT2D eigenvalue weighted by Gasteiger charge is -2.17. The van der Waals surface area contributed by atoms with Crippen LogP contribution in [0.15, 0.2) is 54.6 Å². The largest absolute Gasteiger partial charge is 0.480 e. The molecule has 3 aromatic heterocycles. The highest BCUT2D eigenvalue weighted by Gasteiger charge is 2.25. The summed E-state index contributed by atoms with van der Waals surface area (Å²) < 4.78 is 10.7. The van der Waals surface area contributed by atoms with Crippen LogP contribution in [-0.4, -0.2) is 40.1 Å². The summed E-state index contributed by atoms with van der Waals surface area (Å²) in [6, 6.07) is 17.5. The highest BCUT2D eigenvalue weighted by Crippen LogP contribution is 2.35. The van der Waals surface area contributed by atoms with Gasteiger partial charge in [-0.25, -0.2) is 9.97 Å². The van der Waals surface area contributed by atoms with Crippen molar-refractivity contribution in [1.82, 2.24) is 25.3 Å². The van der Waals surface area contributed by atoms with Crippen LogP contribution in [0.3, 0.4) is 0 Å². The average Bonchev–Trinajstić information content (AvgIpc) is 3.45. The number of carbonyl (C=O) groups excluding carboxylic acids is 1. The van der Waals surface area contributed by atoms with Crippen molar-refractivity contribution in [1.29, 1.82) is 0 Å². The number of aromatic nitrogens is 4. The molecule has 178 valence electrons. The molecule has 9 heteroatoms. The van der Waals surface area contributed by atoms with Gasteiger partial charge in [-0.1, -0.05) is 42.5 Å². The number of benzene rings is 2. The quantitative estimate of drug-likeness (QED) is 0.328. The first-order valence-electron chi connectivity index (χ1n) is 11.2. The molecular weight excluding hydrogens is 462 g/mol. The van der Waals surface area contributed by atoms with Crippen LogP contribution in [0.4, 0.5) is 0 Å². The van der Waals surface area contributed by atoms with Crippen LogP contribution in [-0.2, 0) is 17.8 Å². The Morgan fingerprint density at radius 3 is 2.57 bits per heavy atom.